The Labute approximate surface area is 156 Å². The Hall–Kier alpha value is -2.70. The first-order valence-corrected chi connectivity index (χ1v) is 8.61. The van der Waals surface area contributed by atoms with Crippen molar-refractivity contribution in [2.75, 3.05) is 11.9 Å². The predicted molar refractivity (Wildman–Crippen MR) is 97.0 cm³/mol. The third-order valence-electron chi connectivity index (χ3n) is 3.84. The highest BCUT2D eigenvalue weighted by atomic mass is 19.4. The monoisotopic (exact) mass is 381 g/mol. The Balaban J connectivity index is 2.36. The van der Waals surface area contributed by atoms with Crippen LogP contribution in [0.3, 0.4) is 0 Å². The molecular formula is C20H22F3NO3. The summed E-state index contributed by atoms with van der Waals surface area (Å²) in [5.41, 5.74) is 0.583. The van der Waals surface area contributed by atoms with Gasteiger partial charge < -0.3 is 14.8 Å². The third-order valence-corrected chi connectivity index (χ3v) is 3.84. The van der Waals surface area contributed by atoms with Crippen LogP contribution in [0.25, 0.3) is 0 Å². The number of rotatable bonds is 7. The zero-order valence-corrected chi connectivity index (χ0v) is 15.4. The summed E-state index contributed by atoms with van der Waals surface area (Å²) in [6.07, 6.45) is -4.25. The van der Waals surface area contributed by atoms with Gasteiger partial charge >= 0.3 is 6.18 Å². The summed E-state index contributed by atoms with van der Waals surface area (Å²) in [6.45, 7) is 5.28. The summed E-state index contributed by atoms with van der Waals surface area (Å²) in [5.74, 6) is -0.0320. The molecule has 0 fully saturated rings. The van der Waals surface area contributed by atoms with E-state index in [2.05, 4.69) is 5.32 Å². The fraction of sp³-hybridized carbons (Fsp3) is 0.350. The van der Waals surface area contributed by atoms with Crippen LogP contribution < -0.4 is 14.8 Å². The molecule has 0 aliphatic carbocycles. The molecule has 4 nitrogen and oxygen atoms in total. The Bertz CT molecular complexity index is 804. The lowest BCUT2D eigenvalue weighted by Gasteiger charge is -2.18. The van der Waals surface area contributed by atoms with Crippen LogP contribution >= 0.6 is 0 Å². The average molecular weight is 381 g/mol. The molecule has 0 saturated carbocycles. The molecule has 1 amide bonds. The molecule has 146 valence electrons. The van der Waals surface area contributed by atoms with Gasteiger partial charge in [-0.25, -0.2) is 0 Å². The summed E-state index contributed by atoms with van der Waals surface area (Å²) >= 11 is 0. The summed E-state index contributed by atoms with van der Waals surface area (Å²) in [5, 5.41) is 2.73. The van der Waals surface area contributed by atoms with Gasteiger partial charge in [-0.1, -0.05) is 24.6 Å². The van der Waals surface area contributed by atoms with Gasteiger partial charge in [0.25, 0.3) is 0 Å². The molecule has 0 aliphatic rings. The maximum Gasteiger partial charge on any atom is 0.419 e. The lowest BCUT2D eigenvalue weighted by Crippen LogP contribution is -2.14. The number of carbonyl (C=O) groups excluding carboxylic acids is 1. The molecule has 0 heterocycles. The van der Waals surface area contributed by atoms with Gasteiger partial charge in [0.05, 0.1) is 23.4 Å². The van der Waals surface area contributed by atoms with Gasteiger partial charge in [-0.2, -0.15) is 13.2 Å². The molecule has 0 radical (unpaired) electrons. The molecule has 0 aliphatic heterocycles. The van der Waals surface area contributed by atoms with E-state index in [1.807, 2.05) is 0 Å². The minimum absolute atomic E-state index is 0.179. The van der Waals surface area contributed by atoms with E-state index < -0.39 is 11.7 Å². The molecule has 27 heavy (non-hydrogen) atoms. The quantitative estimate of drug-likeness (QED) is 0.704. The fourth-order valence-corrected chi connectivity index (χ4v) is 2.50. The number of aryl methyl sites for hydroxylation is 1. The number of nitrogens with one attached hydrogen (secondary N) is 1. The zero-order chi connectivity index (χ0) is 20.0. The molecule has 0 bridgehead atoms. The van der Waals surface area contributed by atoms with E-state index in [-0.39, 0.29) is 24.7 Å². The number of hydrogen-bond acceptors (Lipinski definition) is 3. The Morgan fingerprint density at radius 3 is 2.44 bits per heavy atom. The van der Waals surface area contributed by atoms with E-state index in [0.717, 1.165) is 6.07 Å². The van der Waals surface area contributed by atoms with E-state index in [4.69, 9.17) is 9.47 Å². The van der Waals surface area contributed by atoms with Crippen LogP contribution in [0.2, 0.25) is 0 Å². The van der Waals surface area contributed by atoms with E-state index in [9.17, 15) is 18.0 Å². The second kappa shape index (κ2) is 8.79. The smallest absolute Gasteiger partial charge is 0.419 e. The van der Waals surface area contributed by atoms with Gasteiger partial charge in [0.15, 0.2) is 0 Å². The number of benzene rings is 2. The lowest BCUT2D eigenvalue weighted by molar-refractivity contribution is -0.139. The van der Waals surface area contributed by atoms with Crippen molar-refractivity contribution in [3.8, 4) is 11.5 Å². The van der Waals surface area contributed by atoms with Crippen molar-refractivity contribution in [3.63, 3.8) is 0 Å². The van der Waals surface area contributed by atoms with Crippen molar-refractivity contribution >= 4 is 11.6 Å². The van der Waals surface area contributed by atoms with Crippen LogP contribution in [-0.2, 0) is 17.6 Å². The number of anilines is 1. The first-order chi connectivity index (χ1) is 12.8. The highest BCUT2D eigenvalue weighted by Crippen LogP contribution is 2.38. The molecular weight excluding hydrogens is 359 g/mol. The second-order valence-electron chi connectivity index (χ2n) is 5.90. The van der Waals surface area contributed by atoms with Crippen molar-refractivity contribution in [1.82, 2.24) is 0 Å². The summed E-state index contributed by atoms with van der Waals surface area (Å²) in [7, 11) is 0. The van der Waals surface area contributed by atoms with Crippen LogP contribution in [0.1, 0.15) is 37.0 Å². The van der Waals surface area contributed by atoms with Gasteiger partial charge in [-0.05, 0) is 38.1 Å². The van der Waals surface area contributed by atoms with Gasteiger partial charge in [0, 0.05) is 6.42 Å². The number of alkyl halides is 3. The number of hydrogen-bond donors (Lipinski definition) is 1. The van der Waals surface area contributed by atoms with Gasteiger partial charge in [0.2, 0.25) is 5.91 Å². The summed E-state index contributed by atoms with van der Waals surface area (Å²) in [6, 6.07) is 8.94. The standard InChI is InChI=1S/C20H22F3NO3/c1-4-19(25)24-16-7-6-8-17(26-5-2)14(16)12-27-18-10-9-13(3)11-15(18)20(21,22)23/h6-11H,4-5,12H2,1-3H3,(H,24,25). The third kappa shape index (κ3) is 5.39. The van der Waals surface area contributed by atoms with E-state index in [0.29, 0.717) is 29.2 Å². The first-order valence-electron chi connectivity index (χ1n) is 8.61. The Morgan fingerprint density at radius 1 is 1.07 bits per heavy atom. The highest BCUT2D eigenvalue weighted by Gasteiger charge is 2.34. The normalized spacial score (nSPS) is 11.2. The van der Waals surface area contributed by atoms with Crippen molar-refractivity contribution in [1.29, 1.82) is 0 Å². The van der Waals surface area contributed by atoms with Crippen molar-refractivity contribution in [2.45, 2.75) is 40.0 Å². The average Bonchev–Trinajstić information content (AvgIpc) is 2.61. The predicted octanol–water partition coefficient (Wildman–Crippen LogP) is 5.34. The van der Waals surface area contributed by atoms with Crippen LogP contribution in [0, 0.1) is 6.92 Å². The molecule has 0 atom stereocenters. The molecule has 2 rings (SSSR count). The molecule has 7 heteroatoms. The lowest BCUT2D eigenvalue weighted by atomic mass is 10.1. The van der Waals surface area contributed by atoms with Crippen LogP contribution in [0.4, 0.5) is 18.9 Å². The number of amides is 1. The Kier molecular flexibility index (Phi) is 6.71. The molecule has 2 aromatic carbocycles. The topological polar surface area (TPSA) is 47.6 Å². The number of halogens is 3. The second-order valence-corrected chi connectivity index (χ2v) is 5.90. The molecule has 1 N–H and O–H groups in total. The molecule has 0 saturated heterocycles. The maximum absolute atomic E-state index is 13.3. The van der Waals surface area contributed by atoms with E-state index in [1.165, 1.54) is 6.07 Å². The van der Waals surface area contributed by atoms with Gasteiger partial charge in [-0.15, -0.1) is 0 Å². The first kappa shape index (κ1) is 20.6. The van der Waals surface area contributed by atoms with E-state index in [1.54, 1.807) is 45.0 Å². The van der Waals surface area contributed by atoms with Gasteiger partial charge in [-0.3, -0.25) is 4.79 Å². The minimum atomic E-state index is -4.53. The minimum Gasteiger partial charge on any atom is -0.493 e. The molecule has 0 aromatic heterocycles. The SMILES string of the molecule is CCOc1cccc(NC(=O)CC)c1COc1ccc(C)cc1C(F)(F)F. The zero-order valence-electron chi connectivity index (χ0n) is 15.4. The number of ether oxygens (including phenoxy) is 2. The van der Waals surface area contributed by atoms with Gasteiger partial charge in [0.1, 0.15) is 18.1 Å². The summed E-state index contributed by atoms with van der Waals surface area (Å²) in [4.78, 5) is 11.8. The van der Waals surface area contributed by atoms with Crippen LogP contribution in [0.5, 0.6) is 11.5 Å². The maximum atomic E-state index is 13.3. The summed E-state index contributed by atoms with van der Waals surface area (Å²) < 4.78 is 50.9. The molecule has 0 spiro atoms. The highest BCUT2D eigenvalue weighted by molar-refractivity contribution is 5.91. The Morgan fingerprint density at radius 2 is 1.81 bits per heavy atom. The van der Waals surface area contributed by atoms with Crippen molar-refractivity contribution in [2.24, 2.45) is 0 Å². The van der Waals surface area contributed by atoms with Crippen molar-refractivity contribution < 1.29 is 27.4 Å². The largest absolute Gasteiger partial charge is 0.493 e. The fourth-order valence-electron chi connectivity index (χ4n) is 2.50. The van der Waals surface area contributed by atoms with Crippen molar-refractivity contribution in [3.05, 3.63) is 53.1 Å². The number of carbonyl (C=O) groups is 1. The van der Waals surface area contributed by atoms with Crippen LogP contribution in [-0.4, -0.2) is 12.5 Å². The van der Waals surface area contributed by atoms with Crippen LogP contribution in [0.15, 0.2) is 36.4 Å². The molecule has 0 unspecified atom stereocenters. The molecule has 2 aromatic rings. The van der Waals surface area contributed by atoms with E-state index >= 15 is 0 Å².